The molecule has 2 unspecified atom stereocenters. The van der Waals surface area contributed by atoms with E-state index in [-0.39, 0.29) is 12.0 Å². The molecule has 3 aliphatic rings. The summed E-state index contributed by atoms with van der Waals surface area (Å²) in [6.07, 6.45) is 6.94. The second-order valence-electron chi connectivity index (χ2n) is 12.3. The van der Waals surface area contributed by atoms with Gasteiger partial charge in [-0.1, -0.05) is 140 Å². The van der Waals surface area contributed by atoms with Gasteiger partial charge in [-0.05, 0) is 56.8 Å². The van der Waals surface area contributed by atoms with Crippen molar-refractivity contribution < 1.29 is 0 Å². The molecule has 0 bridgehead atoms. The molecule has 220 valence electrons. The summed E-state index contributed by atoms with van der Waals surface area (Å²) in [4.78, 5) is 17.7. The maximum atomic E-state index is 5.13. The largest absolute Gasteiger partial charge is 0.333 e. The minimum Gasteiger partial charge on any atom is -0.333 e. The Labute approximate surface area is 273 Å². The quantitative estimate of drug-likeness (QED) is 0.202. The number of benzene rings is 6. The van der Waals surface area contributed by atoms with Crippen molar-refractivity contribution in [2.24, 2.45) is 0 Å². The molecule has 6 aromatic carbocycles. The van der Waals surface area contributed by atoms with Gasteiger partial charge in [0.1, 0.15) is 0 Å². The van der Waals surface area contributed by atoms with E-state index < -0.39 is 0 Å². The van der Waals surface area contributed by atoms with E-state index in [0.717, 1.165) is 22.4 Å². The van der Waals surface area contributed by atoms with Crippen molar-refractivity contribution in [3.05, 3.63) is 169 Å². The van der Waals surface area contributed by atoms with Gasteiger partial charge in [0.15, 0.2) is 17.5 Å². The molecule has 2 atom stereocenters. The van der Waals surface area contributed by atoms with Gasteiger partial charge < -0.3 is 4.90 Å². The number of aromatic nitrogens is 3. The minimum atomic E-state index is 0.0972. The van der Waals surface area contributed by atoms with E-state index in [9.17, 15) is 0 Å². The molecule has 2 heterocycles. The van der Waals surface area contributed by atoms with Gasteiger partial charge in [0, 0.05) is 28.3 Å². The van der Waals surface area contributed by atoms with Crippen LogP contribution in [0.15, 0.2) is 158 Å². The molecule has 47 heavy (non-hydrogen) atoms. The smallest absolute Gasteiger partial charge is 0.166 e. The summed E-state index contributed by atoms with van der Waals surface area (Å²) in [6.45, 7) is 0. The Hall–Kier alpha value is -6.13. The van der Waals surface area contributed by atoms with Gasteiger partial charge in [0.05, 0.1) is 11.7 Å². The highest BCUT2D eigenvalue weighted by molar-refractivity contribution is 6.10. The summed E-state index contributed by atoms with van der Waals surface area (Å²) in [5.41, 5.74) is 11.9. The molecular formula is C43H28N4. The molecule has 0 fully saturated rings. The highest BCUT2D eigenvalue weighted by atomic mass is 15.2. The molecule has 7 aromatic rings. The summed E-state index contributed by atoms with van der Waals surface area (Å²) in [5, 5.41) is 2.63. The van der Waals surface area contributed by atoms with Crippen molar-refractivity contribution in [2.45, 2.75) is 12.0 Å². The van der Waals surface area contributed by atoms with Crippen LogP contribution in [0.25, 0.3) is 61.6 Å². The third kappa shape index (κ3) is 3.91. The van der Waals surface area contributed by atoms with Gasteiger partial charge in [-0.15, -0.1) is 0 Å². The molecule has 0 radical (unpaired) electrons. The van der Waals surface area contributed by atoms with E-state index in [1.807, 2.05) is 36.4 Å². The number of hydrogen-bond acceptors (Lipinski definition) is 4. The maximum Gasteiger partial charge on any atom is 0.166 e. The van der Waals surface area contributed by atoms with Crippen LogP contribution in [-0.4, -0.2) is 21.0 Å². The van der Waals surface area contributed by atoms with Crippen LogP contribution in [0, 0.1) is 0 Å². The van der Waals surface area contributed by atoms with Crippen LogP contribution < -0.4 is 4.90 Å². The number of anilines is 2. The summed E-state index contributed by atoms with van der Waals surface area (Å²) < 4.78 is 0. The summed E-state index contributed by atoms with van der Waals surface area (Å²) in [6, 6.07) is 49.3. The first kappa shape index (κ1) is 26.1. The summed E-state index contributed by atoms with van der Waals surface area (Å²) >= 11 is 0. The zero-order valence-corrected chi connectivity index (χ0v) is 25.5. The second kappa shape index (κ2) is 10.2. The van der Waals surface area contributed by atoms with Crippen molar-refractivity contribution >= 4 is 27.7 Å². The van der Waals surface area contributed by atoms with Crippen molar-refractivity contribution in [2.75, 3.05) is 4.90 Å². The minimum absolute atomic E-state index is 0.0972. The summed E-state index contributed by atoms with van der Waals surface area (Å²) in [5.74, 6) is 2.17. The highest BCUT2D eigenvalue weighted by Crippen LogP contribution is 2.59. The molecule has 2 aliphatic carbocycles. The Morgan fingerprint density at radius 3 is 1.83 bits per heavy atom. The normalized spacial score (nSPS) is 16.9. The Balaban J connectivity index is 1.22. The molecule has 0 saturated carbocycles. The number of allylic oxidation sites excluding steroid dienone is 2. The molecule has 0 amide bonds. The van der Waals surface area contributed by atoms with Crippen molar-refractivity contribution in [1.29, 1.82) is 0 Å². The van der Waals surface area contributed by atoms with Gasteiger partial charge in [0.2, 0.25) is 0 Å². The van der Waals surface area contributed by atoms with Gasteiger partial charge in [0.25, 0.3) is 0 Å². The zero-order chi connectivity index (χ0) is 30.9. The van der Waals surface area contributed by atoms with Crippen LogP contribution in [0.5, 0.6) is 0 Å². The molecule has 10 rings (SSSR count). The molecule has 1 aliphatic heterocycles. The highest BCUT2D eigenvalue weighted by Gasteiger charge is 2.45. The zero-order valence-electron chi connectivity index (χ0n) is 25.5. The lowest BCUT2D eigenvalue weighted by Gasteiger charge is -2.32. The summed E-state index contributed by atoms with van der Waals surface area (Å²) in [7, 11) is 0. The van der Waals surface area contributed by atoms with Crippen LogP contribution >= 0.6 is 0 Å². The predicted molar refractivity (Wildman–Crippen MR) is 191 cm³/mol. The fourth-order valence-corrected chi connectivity index (χ4v) is 7.86. The molecule has 0 N–H and O–H groups in total. The van der Waals surface area contributed by atoms with Crippen LogP contribution in [0.2, 0.25) is 0 Å². The predicted octanol–water partition coefficient (Wildman–Crippen LogP) is 10.3. The van der Waals surface area contributed by atoms with Gasteiger partial charge in [-0.25, -0.2) is 15.0 Å². The van der Waals surface area contributed by atoms with E-state index in [4.69, 9.17) is 15.0 Å². The first-order valence-corrected chi connectivity index (χ1v) is 16.1. The Morgan fingerprint density at radius 1 is 0.468 bits per heavy atom. The van der Waals surface area contributed by atoms with E-state index in [1.165, 1.54) is 44.3 Å². The molecule has 0 spiro atoms. The van der Waals surface area contributed by atoms with Crippen LogP contribution in [0.3, 0.4) is 0 Å². The number of nitrogens with zero attached hydrogens (tertiary/aromatic N) is 4. The lowest BCUT2D eigenvalue weighted by Crippen LogP contribution is -2.30. The third-order valence-corrected chi connectivity index (χ3v) is 9.82. The van der Waals surface area contributed by atoms with Crippen molar-refractivity contribution in [3.63, 3.8) is 0 Å². The third-order valence-electron chi connectivity index (χ3n) is 9.82. The molecular weight excluding hydrogens is 573 g/mol. The molecule has 0 saturated heterocycles. The average Bonchev–Trinajstić information content (AvgIpc) is 3.43. The van der Waals surface area contributed by atoms with Crippen molar-refractivity contribution in [1.82, 2.24) is 15.0 Å². The standard InChI is InChI=1S/C43H28N4/c1-3-13-28(14-4-1)41-44-42(29-15-5-2-6-16-29)46-43(45-41)34-20-9-10-23-35(34)47-36-24-12-22-33-31-19-8-7-18-30(31)32-21-11-17-27-25-26-37(47)40(38(27)32)39(33)36/h1-26,36,39H. The fraction of sp³-hybridized carbons (Fsp3) is 0.0465. The molecule has 1 aromatic heterocycles. The number of rotatable bonds is 4. The van der Waals surface area contributed by atoms with Crippen molar-refractivity contribution in [3.8, 4) is 45.3 Å². The molecule has 4 heteroatoms. The Bertz CT molecular complexity index is 2370. The average molecular weight is 601 g/mol. The first-order valence-electron chi connectivity index (χ1n) is 16.1. The lowest BCUT2D eigenvalue weighted by molar-refractivity contribution is 0.762. The van der Waals surface area contributed by atoms with Crippen LogP contribution in [-0.2, 0) is 0 Å². The van der Waals surface area contributed by atoms with E-state index >= 15 is 0 Å². The number of hydrogen-bond donors (Lipinski definition) is 0. The molecule has 4 nitrogen and oxygen atoms in total. The van der Waals surface area contributed by atoms with Crippen LogP contribution in [0.1, 0.15) is 17.0 Å². The van der Waals surface area contributed by atoms with Crippen LogP contribution in [0.4, 0.5) is 11.4 Å². The first-order chi connectivity index (χ1) is 23.3. The number of para-hydroxylation sites is 1. The Morgan fingerprint density at radius 2 is 1.09 bits per heavy atom. The fourth-order valence-electron chi connectivity index (χ4n) is 7.86. The van der Waals surface area contributed by atoms with E-state index in [0.29, 0.717) is 17.5 Å². The monoisotopic (exact) mass is 600 g/mol. The van der Waals surface area contributed by atoms with Gasteiger partial charge >= 0.3 is 0 Å². The van der Waals surface area contributed by atoms with Gasteiger partial charge in [-0.3, -0.25) is 0 Å². The number of fused-ring (bicyclic) bond motifs is 3. The maximum absolute atomic E-state index is 5.13. The Kier molecular flexibility index (Phi) is 5.67. The topological polar surface area (TPSA) is 41.9 Å². The van der Waals surface area contributed by atoms with E-state index in [1.54, 1.807) is 0 Å². The SMILES string of the molecule is C1=CC2C3C(=C1)c1ccccc1-c1cccc4ccc(c3c14)N2c1ccccc1-c1nc(-c2ccccc2)nc(-c2ccccc2)n1. The lowest BCUT2D eigenvalue weighted by atomic mass is 9.80. The van der Waals surface area contributed by atoms with Gasteiger partial charge in [-0.2, -0.15) is 0 Å². The second-order valence-corrected chi connectivity index (χ2v) is 12.3. The van der Waals surface area contributed by atoms with E-state index in [2.05, 4.69) is 126 Å².